The van der Waals surface area contributed by atoms with E-state index in [1.54, 1.807) is 0 Å². The van der Waals surface area contributed by atoms with Crippen LogP contribution in [-0.2, 0) is 14.3 Å². The molecule has 2 fully saturated rings. The van der Waals surface area contributed by atoms with Crippen molar-refractivity contribution < 1.29 is 14.3 Å². The number of morpholine rings is 1. The van der Waals surface area contributed by atoms with Crippen LogP contribution in [0.4, 0.5) is 0 Å². The van der Waals surface area contributed by atoms with Crippen LogP contribution in [0, 0.1) is 11.8 Å². The summed E-state index contributed by atoms with van der Waals surface area (Å²) in [6.07, 6.45) is 0.980. The van der Waals surface area contributed by atoms with Crippen LogP contribution < -0.4 is 5.32 Å². The summed E-state index contributed by atoms with van der Waals surface area (Å²) in [6, 6.07) is 0. The van der Waals surface area contributed by atoms with Crippen LogP contribution >= 0.6 is 0 Å². The number of rotatable bonds is 1. The fourth-order valence-electron chi connectivity index (χ4n) is 2.38. The normalized spacial score (nSPS) is 26.4. The van der Waals surface area contributed by atoms with Gasteiger partial charge in [0, 0.05) is 19.4 Å². The largest absolute Gasteiger partial charge is 0.383 e. The molecule has 2 aliphatic rings. The highest BCUT2D eigenvalue weighted by molar-refractivity contribution is 6.22. The van der Waals surface area contributed by atoms with E-state index >= 15 is 0 Å². The Morgan fingerprint density at radius 1 is 1.24 bits per heavy atom. The molecule has 94 valence electrons. The van der Waals surface area contributed by atoms with E-state index in [0.717, 1.165) is 0 Å². The van der Waals surface area contributed by atoms with Gasteiger partial charge >= 0.3 is 0 Å². The van der Waals surface area contributed by atoms with Gasteiger partial charge in [0.25, 0.3) is 0 Å². The summed E-state index contributed by atoms with van der Waals surface area (Å²) in [5.74, 6) is 0.537. The van der Waals surface area contributed by atoms with Crippen molar-refractivity contribution in [1.29, 1.82) is 0 Å². The van der Waals surface area contributed by atoms with Crippen molar-refractivity contribution in [1.82, 2.24) is 5.32 Å². The van der Waals surface area contributed by atoms with Gasteiger partial charge in [-0.3, -0.25) is 9.59 Å². The summed E-state index contributed by atoms with van der Waals surface area (Å²) in [5, 5.41) is 3.11. The Hall–Kier alpha value is -1.16. The van der Waals surface area contributed by atoms with Crippen LogP contribution in [0.15, 0.2) is 11.3 Å². The zero-order valence-corrected chi connectivity index (χ0v) is 10.4. The van der Waals surface area contributed by atoms with Gasteiger partial charge in [-0.2, -0.15) is 0 Å². The molecule has 4 nitrogen and oxygen atoms in total. The molecule has 1 aliphatic carbocycles. The lowest BCUT2D eigenvalue weighted by Crippen LogP contribution is -2.36. The second-order valence-corrected chi connectivity index (χ2v) is 5.09. The average molecular weight is 237 g/mol. The smallest absolute Gasteiger partial charge is 0.168 e. The van der Waals surface area contributed by atoms with Crippen molar-refractivity contribution in [3.8, 4) is 0 Å². The molecule has 0 aromatic heterocycles. The molecule has 1 saturated carbocycles. The van der Waals surface area contributed by atoms with E-state index in [2.05, 4.69) is 19.2 Å². The van der Waals surface area contributed by atoms with Gasteiger partial charge in [-0.15, -0.1) is 0 Å². The Kier molecular flexibility index (Phi) is 3.62. The van der Waals surface area contributed by atoms with Crippen LogP contribution in [0.1, 0.15) is 26.7 Å². The van der Waals surface area contributed by atoms with E-state index in [1.807, 2.05) is 0 Å². The Morgan fingerprint density at radius 2 is 1.88 bits per heavy atom. The molecule has 1 saturated heterocycles. The van der Waals surface area contributed by atoms with Gasteiger partial charge in [-0.05, 0) is 11.8 Å². The molecule has 0 bridgehead atoms. The van der Waals surface area contributed by atoms with Gasteiger partial charge in [-0.25, -0.2) is 0 Å². The number of nitrogens with one attached hydrogen (secondary N) is 1. The number of hydrogen-bond donors (Lipinski definition) is 1. The monoisotopic (exact) mass is 237 g/mol. The maximum absolute atomic E-state index is 12.0. The summed E-state index contributed by atoms with van der Waals surface area (Å²) in [7, 11) is 0. The van der Waals surface area contributed by atoms with E-state index in [-0.39, 0.29) is 17.5 Å². The Morgan fingerprint density at radius 3 is 2.35 bits per heavy atom. The summed E-state index contributed by atoms with van der Waals surface area (Å²) in [5.41, 5.74) is 1.05. The predicted molar refractivity (Wildman–Crippen MR) is 63.4 cm³/mol. The summed E-state index contributed by atoms with van der Waals surface area (Å²) < 4.78 is 5.28. The molecule has 0 spiro atoms. The second kappa shape index (κ2) is 5.00. The molecule has 0 unspecified atom stereocenters. The molecule has 17 heavy (non-hydrogen) atoms. The topological polar surface area (TPSA) is 55.4 Å². The van der Waals surface area contributed by atoms with Gasteiger partial charge < -0.3 is 10.1 Å². The van der Waals surface area contributed by atoms with Crippen LogP contribution in [0.2, 0.25) is 0 Å². The SMILES string of the molecule is CC(C)C1CC(=O)C(=C2COCCN2)C(=O)C1. The predicted octanol–water partition coefficient (Wildman–Crippen LogP) is 1.06. The van der Waals surface area contributed by atoms with Gasteiger partial charge in [0.05, 0.1) is 24.5 Å². The molecule has 1 N–H and O–H groups in total. The maximum atomic E-state index is 12.0. The molecule has 0 radical (unpaired) electrons. The lowest BCUT2D eigenvalue weighted by Gasteiger charge is -2.28. The van der Waals surface area contributed by atoms with E-state index < -0.39 is 0 Å². The van der Waals surface area contributed by atoms with E-state index in [0.29, 0.717) is 49.8 Å². The Balaban J connectivity index is 2.20. The third kappa shape index (κ3) is 2.57. The van der Waals surface area contributed by atoms with Gasteiger partial charge in [0.15, 0.2) is 11.6 Å². The average Bonchev–Trinajstić information content (AvgIpc) is 2.29. The molecular weight excluding hydrogens is 218 g/mol. The Bertz CT molecular complexity index is 343. The first-order valence-corrected chi connectivity index (χ1v) is 6.20. The summed E-state index contributed by atoms with van der Waals surface area (Å²) in [6.45, 7) is 5.79. The highest BCUT2D eigenvalue weighted by atomic mass is 16.5. The van der Waals surface area contributed by atoms with Crippen LogP contribution in [-0.4, -0.2) is 31.3 Å². The highest BCUT2D eigenvalue weighted by Gasteiger charge is 2.34. The third-order valence-electron chi connectivity index (χ3n) is 3.53. The quantitative estimate of drug-likeness (QED) is 0.547. The minimum absolute atomic E-state index is 0.0204. The summed E-state index contributed by atoms with van der Waals surface area (Å²) in [4.78, 5) is 24.1. The van der Waals surface area contributed by atoms with Crippen molar-refractivity contribution >= 4 is 11.6 Å². The number of carbonyl (C=O) groups excluding carboxylic acids is 2. The van der Waals surface area contributed by atoms with Crippen molar-refractivity contribution in [2.75, 3.05) is 19.8 Å². The number of allylic oxidation sites excluding steroid dienone is 1. The number of ether oxygens (including phenoxy) is 1. The first-order chi connectivity index (χ1) is 8.09. The lowest BCUT2D eigenvalue weighted by molar-refractivity contribution is -0.126. The second-order valence-electron chi connectivity index (χ2n) is 5.09. The van der Waals surface area contributed by atoms with Crippen molar-refractivity contribution in [2.45, 2.75) is 26.7 Å². The number of carbonyl (C=O) groups is 2. The highest BCUT2D eigenvalue weighted by Crippen LogP contribution is 2.29. The van der Waals surface area contributed by atoms with Gasteiger partial charge in [0.1, 0.15) is 0 Å². The van der Waals surface area contributed by atoms with Gasteiger partial charge in [0.2, 0.25) is 0 Å². The molecule has 0 atom stereocenters. The van der Waals surface area contributed by atoms with Crippen molar-refractivity contribution in [3.63, 3.8) is 0 Å². The minimum Gasteiger partial charge on any atom is -0.383 e. The number of Topliss-reactive ketones (excluding diaryl/α,β-unsaturated/α-hetero) is 2. The molecule has 4 heteroatoms. The zero-order chi connectivity index (χ0) is 12.4. The maximum Gasteiger partial charge on any atom is 0.168 e. The first kappa shape index (κ1) is 12.3. The fourth-order valence-corrected chi connectivity index (χ4v) is 2.38. The van der Waals surface area contributed by atoms with E-state index in [9.17, 15) is 9.59 Å². The number of hydrogen-bond acceptors (Lipinski definition) is 4. The van der Waals surface area contributed by atoms with Crippen LogP contribution in [0.3, 0.4) is 0 Å². The van der Waals surface area contributed by atoms with Gasteiger partial charge in [-0.1, -0.05) is 13.8 Å². The van der Waals surface area contributed by atoms with Crippen LogP contribution in [0.5, 0.6) is 0 Å². The molecule has 1 heterocycles. The molecule has 1 aliphatic heterocycles. The minimum atomic E-state index is -0.0204. The Labute approximate surface area is 101 Å². The lowest BCUT2D eigenvalue weighted by atomic mass is 9.77. The molecule has 0 amide bonds. The molecule has 0 aromatic carbocycles. The molecule has 0 aromatic rings. The fraction of sp³-hybridized carbons (Fsp3) is 0.692. The molecule has 2 rings (SSSR count). The third-order valence-corrected chi connectivity index (χ3v) is 3.53. The standard InChI is InChI=1S/C13H19NO3/c1-8(2)9-5-11(15)13(12(16)6-9)10-7-17-4-3-14-10/h8-9,14H,3-7H2,1-2H3. The number of ketones is 2. The summed E-state index contributed by atoms with van der Waals surface area (Å²) >= 11 is 0. The van der Waals surface area contributed by atoms with E-state index in [1.165, 1.54) is 0 Å². The first-order valence-electron chi connectivity index (χ1n) is 6.20. The molecular formula is C13H19NO3. The zero-order valence-electron chi connectivity index (χ0n) is 10.4. The van der Waals surface area contributed by atoms with Crippen LogP contribution in [0.25, 0.3) is 0 Å². The van der Waals surface area contributed by atoms with Crippen molar-refractivity contribution in [2.24, 2.45) is 11.8 Å². The van der Waals surface area contributed by atoms with Crippen molar-refractivity contribution in [3.05, 3.63) is 11.3 Å². The van der Waals surface area contributed by atoms with E-state index in [4.69, 9.17) is 4.74 Å².